The molecule has 0 saturated heterocycles. The fourth-order valence-electron chi connectivity index (χ4n) is 1.87. The van der Waals surface area contributed by atoms with Gasteiger partial charge in [0.15, 0.2) is 5.78 Å². The van der Waals surface area contributed by atoms with Crippen molar-refractivity contribution in [3.63, 3.8) is 0 Å². The molecule has 0 aromatic carbocycles. The molecule has 0 aliphatic heterocycles. The van der Waals surface area contributed by atoms with Gasteiger partial charge in [0.05, 0.1) is 5.60 Å². The Balaban J connectivity index is 2.77. The van der Waals surface area contributed by atoms with E-state index in [4.69, 9.17) is 0 Å². The summed E-state index contributed by atoms with van der Waals surface area (Å²) in [5.74, 6) is 0.652. The Morgan fingerprint density at radius 2 is 2.15 bits per heavy atom. The molecule has 0 amide bonds. The van der Waals surface area contributed by atoms with Gasteiger partial charge in [-0.05, 0) is 25.7 Å². The number of rotatable bonds is 1. The molecule has 0 aromatic heterocycles. The van der Waals surface area contributed by atoms with Gasteiger partial charge in [-0.15, -0.1) is 0 Å². The quantitative estimate of drug-likeness (QED) is 0.723. The first-order valence-electron chi connectivity index (χ1n) is 4.76. The lowest BCUT2D eigenvalue weighted by atomic mass is 9.74. The first-order chi connectivity index (χ1) is 5.86. The second-order valence-electron chi connectivity index (χ2n) is 4.51. The van der Waals surface area contributed by atoms with Crippen LogP contribution in [0.1, 0.15) is 33.6 Å². The van der Waals surface area contributed by atoms with Gasteiger partial charge in [0.25, 0.3) is 0 Å². The van der Waals surface area contributed by atoms with E-state index in [0.29, 0.717) is 12.3 Å². The molecule has 1 N–H and O–H groups in total. The maximum Gasteiger partial charge on any atom is 0.152 e. The van der Waals surface area contributed by atoms with Crippen molar-refractivity contribution in [2.24, 2.45) is 11.8 Å². The molecule has 2 nitrogen and oxygen atoms in total. The van der Waals surface area contributed by atoms with Gasteiger partial charge in [-0.1, -0.05) is 29.8 Å². The van der Waals surface area contributed by atoms with Crippen LogP contribution in [-0.2, 0) is 4.79 Å². The van der Waals surface area contributed by atoms with Crippen molar-refractivity contribution in [2.75, 3.05) is 0 Å². The first-order valence-corrected chi connectivity index (χ1v) is 5.68. The summed E-state index contributed by atoms with van der Waals surface area (Å²) in [6.07, 6.45) is 1.52. The lowest BCUT2D eigenvalue weighted by molar-refractivity contribution is -0.132. The molecule has 3 heteroatoms. The maximum absolute atomic E-state index is 11.8. The summed E-state index contributed by atoms with van der Waals surface area (Å²) in [6, 6.07) is 0. The minimum atomic E-state index is -0.859. The molecule has 1 saturated carbocycles. The molecule has 76 valence electrons. The average Bonchev–Trinajstić information content (AvgIpc) is 2.00. The largest absolute Gasteiger partial charge is 0.389 e. The molecular formula is C10H17BrO2. The summed E-state index contributed by atoms with van der Waals surface area (Å²) in [4.78, 5) is 11.4. The van der Waals surface area contributed by atoms with Gasteiger partial charge in [0.2, 0.25) is 0 Å². The van der Waals surface area contributed by atoms with Crippen LogP contribution in [0.2, 0.25) is 0 Å². The van der Waals surface area contributed by atoms with E-state index in [1.165, 1.54) is 0 Å². The van der Waals surface area contributed by atoms with E-state index in [9.17, 15) is 9.90 Å². The average molecular weight is 249 g/mol. The summed E-state index contributed by atoms with van der Waals surface area (Å²) in [7, 11) is 0. The van der Waals surface area contributed by atoms with Crippen LogP contribution in [0.15, 0.2) is 0 Å². The zero-order valence-corrected chi connectivity index (χ0v) is 9.97. The maximum atomic E-state index is 11.8. The summed E-state index contributed by atoms with van der Waals surface area (Å²) >= 11 is 3.28. The molecule has 0 radical (unpaired) electrons. The van der Waals surface area contributed by atoms with Crippen molar-refractivity contribution in [1.29, 1.82) is 0 Å². The van der Waals surface area contributed by atoms with Gasteiger partial charge < -0.3 is 5.11 Å². The summed E-state index contributed by atoms with van der Waals surface area (Å²) in [5.41, 5.74) is -0.859. The number of halogens is 1. The number of ketones is 1. The molecule has 1 rings (SSSR count). The van der Waals surface area contributed by atoms with Gasteiger partial charge in [-0.3, -0.25) is 4.79 Å². The van der Waals surface area contributed by atoms with Crippen LogP contribution in [0.3, 0.4) is 0 Å². The number of Topliss-reactive ketones (excluding diaryl/α,β-unsaturated/α-hetero) is 1. The van der Waals surface area contributed by atoms with Crippen LogP contribution in [0, 0.1) is 11.8 Å². The molecule has 0 spiro atoms. The van der Waals surface area contributed by atoms with E-state index >= 15 is 0 Å². The van der Waals surface area contributed by atoms with E-state index in [1.807, 2.05) is 0 Å². The first kappa shape index (κ1) is 11.2. The minimum absolute atomic E-state index is 0.115. The molecule has 3 atom stereocenters. The fraction of sp³-hybridized carbons (Fsp3) is 0.900. The predicted molar refractivity (Wildman–Crippen MR) is 55.9 cm³/mol. The molecule has 13 heavy (non-hydrogen) atoms. The number of carbonyl (C=O) groups excluding carboxylic acids is 1. The fourth-order valence-corrected chi connectivity index (χ4v) is 2.44. The van der Waals surface area contributed by atoms with Crippen LogP contribution in [0.25, 0.3) is 0 Å². The molecular weight excluding hydrogens is 232 g/mol. The van der Waals surface area contributed by atoms with Crippen LogP contribution in [0.4, 0.5) is 0 Å². The summed E-state index contributed by atoms with van der Waals surface area (Å²) in [5, 5.41) is 9.85. The zero-order chi connectivity index (χ0) is 10.2. The highest BCUT2D eigenvalue weighted by atomic mass is 79.9. The SMILES string of the molecule is CC(C)C1CC[C@@](C)(O)[C@H](Br)C1=O. The molecule has 1 aliphatic rings. The molecule has 0 bridgehead atoms. The number of alkyl halides is 1. The second kappa shape index (κ2) is 3.70. The van der Waals surface area contributed by atoms with Crippen molar-refractivity contribution < 1.29 is 9.90 Å². The van der Waals surface area contributed by atoms with E-state index in [2.05, 4.69) is 29.8 Å². The van der Waals surface area contributed by atoms with E-state index < -0.39 is 5.60 Å². The Morgan fingerprint density at radius 1 is 1.62 bits per heavy atom. The third kappa shape index (κ3) is 2.13. The Morgan fingerprint density at radius 3 is 2.62 bits per heavy atom. The molecule has 1 fully saturated rings. The lowest BCUT2D eigenvalue weighted by Crippen LogP contribution is -2.48. The van der Waals surface area contributed by atoms with E-state index in [1.54, 1.807) is 6.92 Å². The molecule has 1 aliphatic carbocycles. The Hall–Kier alpha value is 0.110. The number of carbonyl (C=O) groups is 1. The van der Waals surface area contributed by atoms with Crippen molar-refractivity contribution in [2.45, 2.75) is 44.0 Å². The van der Waals surface area contributed by atoms with Gasteiger partial charge in [-0.25, -0.2) is 0 Å². The Bertz CT molecular complexity index is 207. The Labute approximate surface area is 87.8 Å². The third-order valence-corrected chi connectivity index (χ3v) is 4.37. The van der Waals surface area contributed by atoms with Gasteiger partial charge >= 0.3 is 0 Å². The standard InChI is InChI=1S/C10H17BrO2/c1-6(2)7-4-5-10(3,13)9(11)8(7)12/h6-7,9,13H,4-5H2,1-3H3/t7?,9-,10-/m1/s1. The van der Waals surface area contributed by atoms with Crippen LogP contribution < -0.4 is 0 Å². The highest BCUT2D eigenvalue weighted by Gasteiger charge is 2.44. The van der Waals surface area contributed by atoms with Crippen LogP contribution >= 0.6 is 15.9 Å². The van der Waals surface area contributed by atoms with Crippen molar-refractivity contribution >= 4 is 21.7 Å². The topological polar surface area (TPSA) is 37.3 Å². The smallest absolute Gasteiger partial charge is 0.152 e. The number of aliphatic hydroxyl groups is 1. The highest BCUT2D eigenvalue weighted by molar-refractivity contribution is 9.10. The lowest BCUT2D eigenvalue weighted by Gasteiger charge is -2.37. The Kier molecular flexibility index (Phi) is 3.18. The molecule has 0 aromatic rings. The van der Waals surface area contributed by atoms with E-state index in [0.717, 1.165) is 6.42 Å². The summed E-state index contributed by atoms with van der Waals surface area (Å²) in [6.45, 7) is 5.84. The van der Waals surface area contributed by atoms with Crippen LogP contribution in [0.5, 0.6) is 0 Å². The van der Waals surface area contributed by atoms with Gasteiger partial charge in [-0.2, -0.15) is 0 Å². The monoisotopic (exact) mass is 248 g/mol. The van der Waals surface area contributed by atoms with Crippen LogP contribution in [-0.4, -0.2) is 21.3 Å². The number of hydrogen-bond acceptors (Lipinski definition) is 2. The zero-order valence-electron chi connectivity index (χ0n) is 8.38. The number of hydrogen-bond donors (Lipinski definition) is 1. The van der Waals surface area contributed by atoms with Crippen molar-refractivity contribution in [3.8, 4) is 0 Å². The normalized spacial score (nSPS) is 41.2. The minimum Gasteiger partial charge on any atom is -0.389 e. The molecule has 0 heterocycles. The van der Waals surface area contributed by atoms with Crippen molar-refractivity contribution in [3.05, 3.63) is 0 Å². The highest BCUT2D eigenvalue weighted by Crippen LogP contribution is 2.36. The molecule has 1 unspecified atom stereocenters. The van der Waals surface area contributed by atoms with E-state index in [-0.39, 0.29) is 16.5 Å². The third-order valence-electron chi connectivity index (χ3n) is 2.93. The van der Waals surface area contributed by atoms with Gasteiger partial charge in [0, 0.05) is 5.92 Å². The van der Waals surface area contributed by atoms with Crippen molar-refractivity contribution in [1.82, 2.24) is 0 Å². The summed E-state index contributed by atoms with van der Waals surface area (Å²) < 4.78 is 0. The second-order valence-corrected chi connectivity index (χ2v) is 5.43. The predicted octanol–water partition coefficient (Wildman–Crippen LogP) is 2.14. The van der Waals surface area contributed by atoms with Gasteiger partial charge in [0.1, 0.15) is 4.83 Å².